The second-order valence-corrected chi connectivity index (χ2v) is 4.98. The number of rotatable bonds is 6. The molecule has 0 heterocycles. The molecule has 2 rings (SSSR count). The first-order valence-electron chi connectivity index (χ1n) is 7.21. The van der Waals surface area contributed by atoms with E-state index in [0.717, 1.165) is 0 Å². The highest BCUT2D eigenvalue weighted by atomic mass is 19.3. The molecule has 9 heteroatoms. The number of esters is 1. The Balaban J connectivity index is 2.11. The average molecular weight is 371 g/mol. The van der Waals surface area contributed by atoms with Gasteiger partial charge in [-0.15, -0.1) is 0 Å². The van der Waals surface area contributed by atoms with E-state index in [9.17, 15) is 27.2 Å². The molecule has 0 aliphatic rings. The van der Waals surface area contributed by atoms with Gasteiger partial charge in [-0.25, -0.2) is 13.6 Å². The van der Waals surface area contributed by atoms with Crippen LogP contribution in [-0.2, 0) is 11.3 Å². The maximum absolute atomic E-state index is 14.0. The molecule has 1 amide bonds. The summed E-state index contributed by atoms with van der Waals surface area (Å²) in [6.45, 7) is -3.43. The van der Waals surface area contributed by atoms with Crippen LogP contribution >= 0.6 is 0 Å². The molecule has 0 aromatic heterocycles. The van der Waals surface area contributed by atoms with Gasteiger partial charge in [-0.1, -0.05) is 12.1 Å². The van der Waals surface area contributed by atoms with Crippen molar-refractivity contribution in [1.29, 1.82) is 0 Å². The van der Waals surface area contributed by atoms with Gasteiger partial charge in [-0.05, 0) is 29.8 Å². The van der Waals surface area contributed by atoms with Crippen LogP contribution in [0.4, 0.5) is 17.6 Å². The van der Waals surface area contributed by atoms with Crippen molar-refractivity contribution in [3.8, 4) is 5.75 Å². The predicted molar refractivity (Wildman–Crippen MR) is 81.9 cm³/mol. The van der Waals surface area contributed by atoms with Crippen molar-refractivity contribution < 1.29 is 36.6 Å². The third-order valence-electron chi connectivity index (χ3n) is 3.33. The number of methoxy groups -OCH3 is 1. The van der Waals surface area contributed by atoms with Crippen LogP contribution in [-0.4, -0.2) is 25.6 Å². The first-order valence-corrected chi connectivity index (χ1v) is 7.21. The lowest BCUT2D eigenvalue weighted by molar-refractivity contribution is -0.0523. The van der Waals surface area contributed by atoms with E-state index in [1.807, 2.05) is 0 Å². The molecule has 138 valence electrons. The van der Waals surface area contributed by atoms with E-state index in [-0.39, 0.29) is 12.1 Å². The molecule has 0 unspecified atom stereocenters. The number of benzene rings is 2. The Morgan fingerprint density at radius 1 is 1.08 bits per heavy atom. The van der Waals surface area contributed by atoms with E-state index in [1.54, 1.807) is 0 Å². The zero-order chi connectivity index (χ0) is 19.3. The molecule has 0 radical (unpaired) electrons. The zero-order valence-electron chi connectivity index (χ0n) is 13.4. The van der Waals surface area contributed by atoms with Crippen molar-refractivity contribution in [1.82, 2.24) is 5.32 Å². The van der Waals surface area contributed by atoms with Gasteiger partial charge in [0.05, 0.1) is 12.7 Å². The van der Waals surface area contributed by atoms with Gasteiger partial charge in [0.15, 0.2) is 11.6 Å². The molecule has 0 aliphatic heterocycles. The maximum Gasteiger partial charge on any atom is 0.387 e. The summed E-state index contributed by atoms with van der Waals surface area (Å²) < 4.78 is 60.6. The Morgan fingerprint density at radius 2 is 1.73 bits per heavy atom. The highest BCUT2D eigenvalue weighted by Crippen LogP contribution is 2.24. The van der Waals surface area contributed by atoms with Gasteiger partial charge >= 0.3 is 12.6 Å². The summed E-state index contributed by atoms with van der Waals surface area (Å²) in [5.41, 5.74) is -0.211. The third-order valence-corrected chi connectivity index (χ3v) is 3.33. The van der Waals surface area contributed by atoms with E-state index >= 15 is 0 Å². The SMILES string of the molecule is COC(=O)c1ccc(CNC(=O)c2c(F)ccc(OC(F)F)c2F)cc1. The van der Waals surface area contributed by atoms with Gasteiger partial charge in [0.1, 0.15) is 11.4 Å². The van der Waals surface area contributed by atoms with Crippen LogP contribution in [0.1, 0.15) is 26.3 Å². The molecule has 5 nitrogen and oxygen atoms in total. The molecule has 0 saturated heterocycles. The number of nitrogens with one attached hydrogen (secondary N) is 1. The second-order valence-electron chi connectivity index (χ2n) is 4.98. The van der Waals surface area contributed by atoms with Crippen LogP contribution in [0.2, 0.25) is 0 Å². The fraction of sp³-hybridized carbons (Fsp3) is 0.176. The lowest BCUT2D eigenvalue weighted by Crippen LogP contribution is -2.25. The van der Waals surface area contributed by atoms with E-state index in [0.29, 0.717) is 17.7 Å². The molecule has 1 N–H and O–H groups in total. The minimum absolute atomic E-state index is 0.112. The van der Waals surface area contributed by atoms with Gasteiger partial charge < -0.3 is 14.8 Å². The number of halogens is 4. The van der Waals surface area contributed by atoms with Crippen molar-refractivity contribution in [2.75, 3.05) is 7.11 Å². The smallest absolute Gasteiger partial charge is 0.387 e. The van der Waals surface area contributed by atoms with Crippen LogP contribution in [0.5, 0.6) is 5.75 Å². The van der Waals surface area contributed by atoms with Gasteiger partial charge in [0.2, 0.25) is 0 Å². The lowest BCUT2D eigenvalue weighted by Gasteiger charge is -2.11. The van der Waals surface area contributed by atoms with Crippen molar-refractivity contribution in [3.63, 3.8) is 0 Å². The van der Waals surface area contributed by atoms with E-state index < -0.39 is 41.4 Å². The summed E-state index contributed by atoms with van der Waals surface area (Å²) in [6, 6.07) is 7.24. The standard InChI is InChI=1S/C17H13F4NO4/c1-25-16(24)10-4-2-9(3-5-10)8-22-15(23)13-11(18)6-7-12(14(13)19)26-17(20)21/h2-7,17H,8H2,1H3,(H,22,23). The Bertz CT molecular complexity index is 809. The maximum atomic E-state index is 14.0. The van der Waals surface area contributed by atoms with Crippen LogP contribution in [0, 0.1) is 11.6 Å². The fourth-order valence-electron chi connectivity index (χ4n) is 2.08. The molecule has 0 aliphatic carbocycles. The molecule has 0 bridgehead atoms. The third kappa shape index (κ3) is 4.50. The molecule has 0 spiro atoms. The molecule has 0 fully saturated rings. The van der Waals surface area contributed by atoms with Crippen molar-refractivity contribution >= 4 is 11.9 Å². The topological polar surface area (TPSA) is 64.6 Å². The van der Waals surface area contributed by atoms with Crippen molar-refractivity contribution in [2.45, 2.75) is 13.2 Å². The van der Waals surface area contributed by atoms with E-state index in [2.05, 4.69) is 14.8 Å². The number of carbonyl (C=O) groups excluding carboxylic acids is 2. The number of hydrogen-bond donors (Lipinski definition) is 1. The van der Waals surface area contributed by atoms with Gasteiger partial charge in [0, 0.05) is 6.54 Å². The van der Waals surface area contributed by atoms with Gasteiger partial charge in [0.25, 0.3) is 5.91 Å². The Hall–Kier alpha value is -3.10. The highest BCUT2D eigenvalue weighted by Gasteiger charge is 2.22. The normalized spacial score (nSPS) is 10.5. The summed E-state index contributed by atoms with van der Waals surface area (Å²) >= 11 is 0. The highest BCUT2D eigenvalue weighted by molar-refractivity contribution is 5.95. The van der Waals surface area contributed by atoms with Crippen LogP contribution in [0.15, 0.2) is 36.4 Å². The molecule has 2 aromatic carbocycles. The minimum atomic E-state index is -3.32. The summed E-state index contributed by atoms with van der Waals surface area (Å²) in [5.74, 6) is -5.36. The lowest BCUT2D eigenvalue weighted by atomic mass is 10.1. The number of carbonyl (C=O) groups is 2. The number of hydrogen-bond acceptors (Lipinski definition) is 4. The average Bonchev–Trinajstić information content (AvgIpc) is 2.62. The molecule has 26 heavy (non-hydrogen) atoms. The largest absolute Gasteiger partial charge is 0.465 e. The van der Waals surface area contributed by atoms with Crippen LogP contribution in [0.25, 0.3) is 0 Å². The zero-order valence-corrected chi connectivity index (χ0v) is 13.4. The van der Waals surface area contributed by atoms with Gasteiger partial charge in [-0.2, -0.15) is 8.78 Å². The van der Waals surface area contributed by atoms with Crippen molar-refractivity contribution in [2.24, 2.45) is 0 Å². The second kappa shape index (κ2) is 8.32. The Morgan fingerprint density at radius 3 is 2.31 bits per heavy atom. The monoisotopic (exact) mass is 371 g/mol. The van der Waals surface area contributed by atoms with E-state index in [4.69, 9.17) is 0 Å². The number of amides is 1. The molecule has 0 saturated carbocycles. The minimum Gasteiger partial charge on any atom is -0.465 e. The van der Waals surface area contributed by atoms with E-state index in [1.165, 1.54) is 31.4 Å². The molecule has 2 aromatic rings. The first kappa shape index (κ1) is 19.2. The summed E-state index contributed by atoms with van der Waals surface area (Å²) in [5, 5.41) is 2.26. The number of ether oxygens (including phenoxy) is 2. The van der Waals surface area contributed by atoms with Crippen molar-refractivity contribution in [3.05, 3.63) is 64.7 Å². The summed E-state index contributed by atoms with van der Waals surface area (Å²) in [6.07, 6.45) is 0. The number of alkyl halides is 2. The van der Waals surface area contributed by atoms with Gasteiger partial charge in [-0.3, -0.25) is 4.79 Å². The molecule has 0 atom stereocenters. The fourth-order valence-corrected chi connectivity index (χ4v) is 2.08. The summed E-state index contributed by atoms with van der Waals surface area (Å²) in [7, 11) is 1.23. The quantitative estimate of drug-likeness (QED) is 0.625. The summed E-state index contributed by atoms with van der Waals surface area (Å²) in [4.78, 5) is 23.3. The Labute approximate surface area is 145 Å². The Kier molecular flexibility index (Phi) is 6.16. The predicted octanol–water partition coefficient (Wildman–Crippen LogP) is 3.28. The molecular formula is C17H13F4NO4. The van der Waals surface area contributed by atoms with Crippen LogP contribution < -0.4 is 10.1 Å². The first-order chi connectivity index (χ1) is 12.3. The molecular weight excluding hydrogens is 358 g/mol. The van der Waals surface area contributed by atoms with Crippen LogP contribution in [0.3, 0.4) is 0 Å².